The zero-order valence-corrected chi connectivity index (χ0v) is 11.9. The van der Waals surface area contributed by atoms with Gasteiger partial charge in [-0.1, -0.05) is 17.3 Å². The fraction of sp³-hybridized carbons (Fsp3) is 0.333. The van der Waals surface area contributed by atoms with Crippen molar-refractivity contribution in [3.8, 4) is 0 Å². The highest BCUT2D eigenvalue weighted by atomic mass is 16.7. The van der Waals surface area contributed by atoms with Crippen LogP contribution >= 0.6 is 0 Å². The molecular weight excluding hydrogens is 286 g/mol. The maximum Gasteiger partial charge on any atom is 0.369 e. The molecule has 7 heteroatoms. The van der Waals surface area contributed by atoms with Gasteiger partial charge < -0.3 is 9.74 Å². The summed E-state index contributed by atoms with van der Waals surface area (Å²) in [5, 5.41) is 14.9. The van der Waals surface area contributed by atoms with Crippen LogP contribution in [0.15, 0.2) is 41.2 Å². The van der Waals surface area contributed by atoms with Gasteiger partial charge in [0.05, 0.1) is 10.5 Å². The number of piperidine rings is 1. The van der Waals surface area contributed by atoms with Gasteiger partial charge in [-0.3, -0.25) is 10.1 Å². The van der Waals surface area contributed by atoms with Gasteiger partial charge in [-0.25, -0.2) is 4.79 Å². The molecule has 22 heavy (non-hydrogen) atoms. The third-order valence-electron chi connectivity index (χ3n) is 3.75. The van der Waals surface area contributed by atoms with Crippen molar-refractivity contribution < 1.29 is 14.6 Å². The maximum absolute atomic E-state index is 11.9. The number of hydrogen-bond acceptors (Lipinski definition) is 6. The Labute approximate surface area is 127 Å². The molecule has 7 nitrogen and oxygen atoms in total. The van der Waals surface area contributed by atoms with E-state index in [0.29, 0.717) is 5.56 Å². The van der Waals surface area contributed by atoms with Gasteiger partial charge in [0.1, 0.15) is 11.3 Å². The van der Waals surface area contributed by atoms with Crippen LogP contribution in [0.2, 0.25) is 0 Å². The molecule has 0 amide bonds. The van der Waals surface area contributed by atoms with E-state index in [2.05, 4.69) is 5.16 Å². The fourth-order valence-corrected chi connectivity index (χ4v) is 2.65. The van der Waals surface area contributed by atoms with E-state index in [1.807, 2.05) is 4.90 Å². The molecule has 3 rings (SSSR count). The standard InChI is InChI=1S/C15H15N3O4/c19-15-12(10-17-8-4-1-5-9-17)14(16-22-15)11-6-2-3-7-13(11)18(20)21/h2-3,6-7,10H,1,4-5,8-9H2. The molecule has 0 atom stereocenters. The number of carbonyl (C=O) groups is 1. The molecule has 2 heterocycles. The molecule has 1 saturated heterocycles. The topological polar surface area (TPSA) is 85.0 Å². The third kappa shape index (κ3) is 2.69. The van der Waals surface area contributed by atoms with Crippen LogP contribution in [0.5, 0.6) is 0 Å². The van der Waals surface area contributed by atoms with Crippen molar-refractivity contribution in [1.82, 2.24) is 4.90 Å². The van der Waals surface area contributed by atoms with Crippen molar-refractivity contribution >= 4 is 17.4 Å². The number of carbonyl (C=O) groups excluding carboxylic acids is 1. The van der Waals surface area contributed by atoms with E-state index in [0.717, 1.165) is 25.9 Å². The van der Waals surface area contributed by atoms with Crippen molar-refractivity contribution in [2.24, 2.45) is 5.16 Å². The summed E-state index contributed by atoms with van der Waals surface area (Å²) in [5.41, 5.74) is 0.699. The minimum Gasteiger partial charge on any atom is -0.377 e. The Morgan fingerprint density at radius 2 is 1.95 bits per heavy atom. The average molecular weight is 301 g/mol. The second-order valence-electron chi connectivity index (χ2n) is 5.23. The molecule has 114 valence electrons. The van der Waals surface area contributed by atoms with Gasteiger partial charge in [0.2, 0.25) is 0 Å². The van der Waals surface area contributed by atoms with E-state index < -0.39 is 10.9 Å². The minimum atomic E-state index is -0.571. The van der Waals surface area contributed by atoms with E-state index in [-0.39, 0.29) is 17.0 Å². The number of nitro groups is 1. The summed E-state index contributed by atoms with van der Waals surface area (Å²) < 4.78 is 0. The van der Waals surface area contributed by atoms with Crippen LogP contribution in [-0.4, -0.2) is 34.6 Å². The molecule has 0 aliphatic carbocycles. The molecule has 0 bridgehead atoms. The number of nitro benzene ring substituents is 1. The Balaban J connectivity index is 1.97. The molecule has 0 aromatic heterocycles. The van der Waals surface area contributed by atoms with E-state index in [1.54, 1.807) is 24.4 Å². The first-order valence-electron chi connectivity index (χ1n) is 7.16. The Morgan fingerprint density at radius 3 is 2.68 bits per heavy atom. The largest absolute Gasteiger partial charge is 0.377 e. The van der Waals surface area contributed by atoms with Crippen LogP contribution in [0.4, 0.5) is 5.69 Å². The van der Waals surface area contributed by atoms with Gasteiger partial charge in [-0.15, -0.1) is 0 Å². The Kier molecular flexibility index (Phi) is 3.86. The van der Waals surface area contributed by atoms with E-state index in [1.165, 1.54) is 12.5 Å². The fourth-order valence-electron chi connectivity index (χ4n) is 2.65. The Bertz CT molecular complexity index is 675. The normalized spacial score (nSPS) is 20.0. The SMILES string of the molecule is O=C1ON=C(c2ccccc2[N+](=O)[O-])C1=CN1CCCCC1. The summed E-state index contributed by atoms with van der Waals surface area (Å²) in [7, 11) is 0. The molecular formula is C15H15N3O4. The number of hydrogen-bond donors (Lipinski definition) is 0. The van der Waals surface area contributed by atoms with Gasteiger partial charge >= 0.3 is 5.97 Å². The maximum atomic E-state index is 11.9. The minimum absolute atomic E-state index is 0.0934. The smallest absolute Gasteiger partial charge is 0.369 e. The lowest BCUT2D eigenvalue weighted by atomic mass is 10.0. The number of likely N-dealkylation sites (tertiary alicyclic amines) is 1. The van der Waals surface area contributed by atoms with Crippen molar-refractivity contribution in [1.29, 1.82) is 0 Å². The highest BCUT2D eigenvalue weighted by Crippen LogP contribution is 2.26. The molecule has 1 aromatic rings. The Morgan fingerprint density at radius 1 is 1.23 bits per heavy atom. The molecule has 0 N–H and O–H groups in total. The molecule has 0 spiro atoms. The van der Waals surface area contributed by atoms with Gasteiger partial charge in [0, 0.05) is 25.4 Å². The van der Waals surface area contributed by atoms with Crippen LogP contribution in [0.25, 0.3) is 0 Å². The van der Waals surface area contributed by atoms with Crippen LogP contribution in [0.3, 0.4) is 0 Å². The number of nitrogens with zero attached hydrogens (tertiary/aromatic N) is 3. The van der Waals surface area contributed by atoms with Crippen molar-refractivity contribution in [3.63, 3.8) is 0 Å². The predicted molar refractivity (Wildman–Crippen MR) is 79.2 cm³/mol. The first-order valence-corrected chi connectivity index (χ1v) is 7.16. The van der Waals surface area contributed by atoms with Crippen LogP contribution in [0, 0.1) is 10.1 Å². The number of oxime groups is 1. The van der Waals surface area contributed by atoms with Crippen LogP contribution in [0.1, 0.15) is 24.8 Å². The summed E-state index contributed by atoms with van der Waals surface area (Å²) in [5.74, 6) is -0.571. The summed E-state index contributed by atoms with van der Waals surface area (Å²) >= 11 is 0. The lowest BCUT2D eigenvalue weighted by Gasteiger charge is -2.25. The van der Waals surface area contributed by atoms with E-state index >= 15 is 0 Å². The molecule has 0 radical (unpaired) electrons. The molecule has 1 fully saturated rings. The number of para-hydroxylation sites is 1. The van der Waals surface area contributed by atoms with Gasteiger partial charge in [0.25, 0.3) is 5.69 Å². The first kappa shape index (κ1) is 14.2. The average Bonchev–Trinajstić information content (AvgIpc) is 2.89. The van der Waals surface area contributed by atoms with E-state index in [4.69, 9.17) is 4.84 Å². The quantitative estimate of drug-likeness (QED) is 0.370. The summed E-state index contributed by atoms with van der Waals surface area (Å²) in [6.07, 6.45) is 5.02. The first-order chi connectivity index (χ1) is 10.7. The lowest BCUT2D eigenvalue weighted by Crippen LogP contribution is -2.26. The molecule has 2 aliphatic rings. The monoisotopic (exact) mass is 301 g/mol. The summed E-state index contributed by atoms with van der Waals surface area (Å²) in [6, 6.07) is 6.21. The summed E-state index contributed by atoms with van der Waals surface area (Å²) in [4.78, 5) is 29.4. The molecule has 2 aliphatic heterocycles. The van der Waals surface area contributed by atoms with Crippen molar-refractivity contribution in [2.75, 3.05) is 13.1 Å². The van der Waals surface area contributed by atoms with E-state index in [9.17, 15) is 14.9 Å². The van der Waals surface area contributed by atoms with Gasteiger partial charge in [0.15, 0.2) is 0 Å². The highest BCUT2D eigenvalue weighted by Gasteiger charge is 2.32. The molecule has 0 unspecified atom stereocenters. The van der Waals surface area contributed by atoms with Gasteiger partial charge in [-0.2, -0.15) is 0 Å². The lowest BCUT2D eigenvalue weighted by molar-refractivity contribution is -0.385. The Hall–Kier alpha value is -2.70. The zero-order valence-electron chi connectivity index (χ0n) is 11.9. The summed E-state index contributed by atoms with van der Waals surface area (Å²) in [6.45, 7) is 1.72. The van der Waals surface area contributed by atoms with Gasteiger partial charge in [-0.05, 0) is 25.3 Å². The number of rotatable bonds is 3. The zero-order chi connectivity index (χ0) is 15.5. The second-order valence-corrected chi connectivity index (χ2v) is 5.23. The highest BCUT2D eigenvalue weighted by molar-refractivity contribution is 6.29. The predicted octanol–water partition coefficient (Wildman–Crippen LogP) is 2.23. The number of benzene rings is 1. The third-order valence-corrected chi connectivity index (χ3v) is 3.75. The second kappa shape index (κ2) is 5.97. The van der Waals surface area contributed by atoms with Crippen molar-refractivity contribution in [2.45, 2.75) is 19.3 Å². The molecule has 0 saturated carbocycles. The van der Waals surface area contributed by atoms with Crippen LogP contribution in [-0.2, 0) is 9.63 Å². The van der Waals surface area contributed by atoms with Crippen LogP contribution < -0.4 is 0 Å². The molecule has 1 aromatic carbocycles. The van der Waals surface area contributed by atoms with Crippen molar-refractivity contribution in [3.05, 3.63) is 51.7 Å².